The molecule has 2 nitrogen and oxygen atoms in total. The number of nitrogens with zero attached hydrogens (tertiary/aromatic N) is 2. The zero-order valence-corrected chi connectivity index (χ0v) is 38.0. The van der Waals surface area contributed by atoms with Gasteiger partial charge in [0.05, 0.1) is 14.2 Å². The van der Waals surface area contributed by atoms with Crippen LogP contribution in [0.15, 0.2) is 72.8 Å². The summed E-state index contributed by atoms with van der Waals surface area (Å²) in [5.74, 6) is 0. The summed E-state index contributed by atoms with van der Waals surface area (Å²) in [7, 11) is -1.83. The van der Waals surface area contributed by atoms with Gasteiger partial charge in [0.1, 0.15) is 0 Å². The highest BCUT2D eigenvalue weighted by Crippen LogP contribution is 2.71. The molecule has 1 aliphatic rings. The third kappa shape index (κ3) is 4.82. The van der Waals surface area contributed by atoms with Gasteiger partial charge in [-0.1, -0.05) is 139 Å². The van der Waals surface area contributed by atoms with Crippen LogP contribution >= 0.6 is 0 Å². The lowest BCUT2D eigenvalue weighted by molar-refractivity contribution is 1.04. The van der Waals surface area contributed by atoms with Crippen LogP contribution in [0, 0.1) is 0 Å². The van der Waals surface area contributed by atoms with Crippen molar-refractivity contribution in [3.63, 3.8) is 0 Å². The summed E-state index contributed by atoms with van der Waals surface area (Å²) >= 11 is 0. The predicted octanol–water partition coefficient (Wildman–Crippen LogP) is 10.7. The minimum atomic E-state index is -2.02. The second-order valence-corrected chi connectivity index (χ2v) is 74.7. The van der Waals surface area contributed by atoms with Gasteiger partial charge in [0.2, 0.25) is 0 Å². The normalized spacial score (nSPS) is 20.1. The Bertz CT molecular complexity index is 1590. The number of rotatable bonds is 8. The topological polar surface area (TPSA) is 6.48 Å². The van der Waals surface area contributed by atoms with E-state index in [2.05, 4.69) is 189 Å². The van der Waals surface area contributed by atoms with Gasteiger partial charge in [-0.3, -0.25) is 0 Å². The van der Waals surface area contributed by atoms with Crippen LogP contribution in [0.1, 0.15) is 21.5 Å². The molecule has 0 unspecified atom stereocenters. The van der Waals surface area contributed by atoms with E-state index in [1.807, 2.05) is 0 Å². The van der Waals surface area contributed by atoms with E-state index in [9.17, 15) is 0 Å². The molecule has 0 atom stereocenters. The number of benzene rings is 4. The Morgan fingerprint density at radius 1 is 0.413 bits per heavy atom. The Balaban J connectivity index is 2.11. The molecule has 248 valence electrons. The smallest absolute Gasteiger partial charge is 0.0506 e. The van der Waals surface area contributed by atoms with E-state index in [-0.39, 0.29) is 0 Å². The van der Waals surface area contributed by atoms with Gasteiger partial charge in [0.25, 0.3) is 0 Å². The van der Waals surface area contributed by atoms with E-state index in [1.165, 1.54) is 22.1 Å². The molecule has 0 aliphatic carbocycles. The predicted molar refractivity (Wildman–Crippen MR) is 227 cm³/mol. The van der Waals surface area contributed by atoms with Crippen molar-refractivity contribution in [1.82, 2.24) is 0 Å². The van der Waals surface area contributed by atoms with Crippen LogP contribution < -0.4 is 9.80 Å². The highest BCUT2D eigenvalue weighted by atomic mass is 29.7. The fraction of sp³-hybridized carbons (Fsp3) is 0.474. The van der Waals surface area contributed by atoms with Crippen molar-refractivity contribution in [2.75, 3.05) is 38.0 Å². The molecule has 0 aromatic heterocycles. The van der Waals surface area contributed by atoms with E-state index in [4.69, 9.17) is 0 Å². The molecule has 4 aromatic rings. The SMILES string of the molecule is CN(C)c1cccc2cccc(C3[Si]([Si](C)(C)C)([Si](C)(C)C)C(c4cccc5cccc(N(C)C)c45)[Si]3([Si](C)(C)C)[Si](C)(C)C)c12. The fourth-order valence-corrected chi connectivity index (χ4v) is 170. The summed E-state index contributed by atoms with van der Waals surface area (Å²) in [5.41, 5.74) is 6.39. The second kappa shape index (κ2) is 11.4. The van der Waals surface area contributed by atoms with Crippen LogP contribution in [0.4, 0.5) is 11.4 Å². The maximum Gasteiger partial charge on any atom is 0.0506 e. The first-order valence-electron chi connectivity index (χ1n) is 17.4. The first-order valence-corrected chi connectivity index (χ1v) is 39.8. The Morgan fingerprint density at radius 3 is 0.913 bits per heavy atom. The summed E-state index contributed by atoms with van der Waals surface area (Å²) in [6.45, 7) is 34.0. The number of anilines is 2. The van der Waals surface area contributed by atoms with Crippen LogP contribution in [-0.2, 0) is 0 Å². The van der Waals surface area contributed by atoms with Crippen molar-refractivity contribution in [2.24, 2.45) is 0 Å². The summed E-state index contributed by atoms with van der Waals surface area (Å²) in [5, 5.41) is 7.66. The summed E-state index contributed by atoms with van der Waals surface area (Å²) < 4.78 is 0. The van der Waals surface area contributed by atoms with Crippen LogP contribution in [0.25, 0.3) is 21.5 Å². The molecule has 0 N–H and O–H groups in total. The minimum absolute atomic E-state index is 0.813. The lowest BCUT2D eigenvalue weighted by atomic mass is 10.0. The largest absolute Gasteiger partial charge is 0.377 e. The van der Waals surface area contributed by atoms with Crippen LogP contribution in [0.2, 0.25) is 78.6 Å². The quantitative estimate of drug-likeness (QED) is 0.168. The van der Waals surface area contributed by atoms with Crippen LogP contribution in [0.3, 0.4) is 0 Å². The monoisotopic (exact) mass is 714 g/mol. The maximum absolute atomic E-state index is 2.83. The van der Waals surface area contributed by atoms with E-state index in [0.717, 1.165) is 10.3 Å². The molecule has 46 heavy (non-hydrogen) atoms. The highest BCUT2D eigenvalue weighted by molar-refractivity contribution is 7.87. The maximum atomic E-state index is 2.83. The van der Waals surface area contributed by atoms with E-state index < -0.39 is 44.6 Å². The molecule has 0 amide bonds. The number of hydrogen-bond donors (Lipinski definition) is 0. The van der Waals surface area contributed by atoms with Crippen molar-refractivity contribution in [3.05, 3.63) is 83.9 Å². The van der Waals surface area contributed by atoms with Gasteiger partial charge in [-0.05, 0) is 44.4 Å². The van der Waals surface area contributed by atoms with E-state index >= 15 is 0 Å². The number of fused-ring (bicyclic) bond motifs is 2. The second-order valence-electron chi connectivity index (χ2n) is 18.8. The molecule has 0 saturated carbocycles. The molecule has 1 saturated heterocycles. The zero-order chi connectivity index (χ0) is 34.4. The molecule has 0 spiro atoms. The van der Waals surface area contributed by atoms with Crippen molar-refractivity contribution >= 4 is 77.5 Å². The highest BCUT2D eigenvalue weighted by Gasteiger charge is 2.85. The lowest BCUT2D eigenvalue weighted by Crippen LogP contribution is -3.01. The first-order chi connectivity index (χ1) is 21.1. The van der Waals surface area contributed by atoms with Crippen molar-refractivity contribution in [2.45, 2.75) is 88.9 Å². The zero-order valence-electron chi connectivity index (χ0n) is 32.0. The van der Waals surface area contributed by atoms with Crippen molar-refractivity contribution in [1.29, 1.82) is 0 Å². The van der Waals surface area contributed by atoms with E-state index in [1.54, 1.807) is 21.9 Å². The molecule has 1 heterocycles. The van der Waals surface area contributed by atoms with Gasteiger partial charge in [-0.25, -0.2) is 0 Å². The Morgan fingerprint density at radius 2 is 0.674 bits per heavy atom. The van der Waals surface area contributed by atoms with Gasteiger partial charge in [0.15, 0.2) is 0 Å². The first kappa shape index (κ1) is 35.6. The van der Waals surface area contributed by atoms with Gasteiger partial charge < -0.3 is 9.80 Å². The van der Waals surface area contributed by atoms with Gasteiger partial charge in [-0.15, -0.1) is 0 Å². The lowest BCUT2D eigenvalue weighted by Gasteiger charge is -2.81. The van der Waals surface area contributed by atoms with Crippen molar-refractivity contribution < 1.29 is 0 Å². The summed E-state index contributed by atoms with van der Waals surface area (Å²) in [6, 6.07) is 29.2. The van der Waals surface area contributed by atoms with Gasteiger partial charge >= 0.3 is 0 Å². The third-order valence-electron chi connectivity index (χ3n) is 12.2. The molecule has 5 rings (SSSR count). The molecule has 1 aliphatic heterocycles. The average molecular weight is 715 g/mol. The van der Waals surface area contributed by atoms with Gasteiger partial charge in [0, 0.05) is 80.7 Å². The molecule has 0 bridgehead atoms. The third-order valence-corrected chi connectivity index (χ3v) is 103. The molecular formula is C38H62N2Si6. The van der Waals surface area contributed by atoms with Crippen molar-refractivity contribution in [3.8, 4) is 0 Å². The molecular weight excluding hydrogens is 653 g/mol. The summed E-state index contributed by atoms with van der Waals surface area (Å²) in [4.78, 5) is 4.79. The molecule has 4 aromatic carbocycles. The minimum Gasteiger partial charge on any atom is -0.377 e. The molecule has 1 fully saturated rings. The Hall–Kier alpha value is -1.70. The standard InChI is InChI=1S/C38H62N2Si6/c1-39(2)33-27-19-23-29-21-17-25-31(35(29)33)37-45(41(5,6)7,42(8,9)10)38(46(37,43(11,12)13)44(14,15)16)32-26-18-22-30-24-20-28-34(36(30)32)40(3)4/h17-28,37-38H,1-16H3. The Labute approximate surface area is 286 Å². The Kier molecular flexibility index (Phi) is 8.85. The summed E-state index contributed by atoms with van der Waals surface area (Å²) in [6.07, 6.45) is 0. The van der Waals surface area contributed by atoms with Crippen LogP contribution in [0.5, 0.6) is 0 Å². The fourth-order valence-electron chi connectivity index (χ4n) is 11.6. The molecule has 0 radical (unpaired) electrons. The van der Waals surface area contributed by atoms with E-state index in [0.29, 0.717) is 0 Å². The average Bonchev–Trinajstić information content (AvgIpc) is 2.89. The number of hydrogen-bond acceptors (Lipinski definition) is 2. The van der Waals surface area contributed by atoms with Crippen LogP contribution in [-0.4, -0.2) is 72.8 Å². The van der Waals surface area contributed by atoms with Gasteiger partial charge in [-0.2, -0.15) is 0 Å². The molecule has 8 heteroatoms.